The summed E-state index contributed by atoms with van der Waals surface area (Å²) in [6, 6.07) is 10.2. The Bertz CT molecular complexity index is 1130. The number of rotatable bonds is 8. The van der Waals surface area contributed by atoms with E-state index in [0.29, 0.717) is 40.5 Å². The normalized spacial score (nSPS) is 15.3. The Balaban J connectivity index is 0.000000196. The third-order valence-corrected chi connectivity index (χ3v) is 7.50. The second-order valence-corrected chi connectivity index (χ2v) is 10.2. The molecule has 2 aromatic rings. The summed E-state index contributed by atoms with van der Waals surface area (Å²) in [5.74, 6) is 0.380. The molecule has 0 aliphatic heterocycles. The maximum atomic E-state index is 12.3. The molecule has 2 aromatic carbocycles. The number of esters is 2. The topological polar surface area (TPSA) is 86.7 Å². The third-order valence-electron chi connectivity index (χ3n) is 6.34. The number of methoxy groups -OCH3 is 2. The van der Waals surface area contributed by atoms with Crippen molar-refractivity contribution >= 4 is 39.4 Å². The van der Waals surface area contributed by atoms with Gasteiger partial charge in [0.15, 0.2) is 11.6 Å². The molecule has 2 fully saturated rings. The fraction of sp³-hybridized carbons (Fsp3) is 0.429. The van der Waals surface area contributed by atoms with E-state index in [9.17, 15) is 19.2 Å². The lowest BCUT2D eigenvalue weighted by Crippen LogP contribution is -2.18. The highest BCUT2D eigenvalue weighted by molar-refractivity contribution is 9.10. The van der Waals surface area contributed by atoms with E-state index in [1.54, 1.807) is 36.4 Å². The van der Waals surface area contributed by atoms with Crippen LogP contribution in [0.3, 0.4) is 0 Å². The average Bonchev–Trinajstić information content (AvgIpc) is 3.78. The first-order chi connectivity index (χ1) is 16.7. The lowest BCUT2D eigenvalue weighted by molar-refractivity contribution is 0.0591. The minimum atomic E-state index is -0.415. The van der Waals surface area contributed by atoms with Gasteiger partial charge in [0.25, 0.3) is 0 Å². The van der Waals surface area contributed by atoms with E-state index >= 15 is 0 Å². The van der Waals surface area contributed by atoms with E-state index in [0.717, 1.165) is 36.8 Å². The number of ketones is 2. The number of halogens is 1. The molecule has 0 aromatic heterocycles. The summed E-state index contributed by atoms with van der Waals surface area (Å²) in [4.78, 5) is 47.1. The quantitative estimate of drug-likeness (QED) is 0.234. The molecule has 2 aliphatic carbocycles. The smallest absolute Gasteiger partial charge is 0.337 e. The molecule has 0 amide bonds. The number of ether oxygens (including phenoxy) is 2. The first-order valence-corrected chi connectivity index (χ1v) is 12.7. The summed E-state index contributed by atoms with van der Waals surface area (Å²) < 4.78 is 9.32. The number of hydrogen-bond donors (Lipinski definition) is 0. The van der Waals surface area contributed by atoms with Gasteiger partial charge < -0.3 is 9.47 Å². The first kappa shape index (κ1) is 26.8. The van der Waals surface area contributed by atoms with Crippen molar-refractivity contribution < 1.29 is 28.7 Å². The van der Waals surface area contributed by atoms with Gasteiger partial charge in [-0.05, 0) is 86.8 Å². The molecule has 2 aliphatic rings. The Morgan fingerprint density at radius 2 is 1.31 bits per heavy atom. The summed E-state index contributed by atoms with van der Waals surface area (Å²) in [5.41, 5.74) is 3.92. The van der Waals surface area contributed by atoms with Crippen molar-refractivity contribution in [1.29, 1.82) is 0 Å². The number of alkyl halides is 1. The van der Waals surface area contributed by atoms with E-state index in [4.69, 9.17) is 0 Å². The van der Waals surface area contributed by atoms with Crippen LogP contribution in [0.25, 0.3) is 0 Å². The van der Waals surface area contributed by atoms with Gasteiger partial charge in [-0.2, -0.15) is 0 Å². The fourth-order valence-corrected chi connectivity index (χ4v) is 4.52. The Kier molecular flexibility index (Phi) is 9.00. The van der Waals surface area contributed by atoms with Crippen LogP contribution in [0.1, 0.15) is 84.7 Å². The molecule has 0 spiro atoms. The van der Waals surface area contributed by atoms with Gasteiger partial charge in [-0.15, -0.1) is 0 Å². The van der Waals surface area contributed by atoms with E-state index in [2.05, 4.69) is 25.4 Å². The molecule has 1 unspecified atom stereocenters. The number of Topliss-reactive ketones (excluding diaryl/α,β-unsaturated/α-hetero) is 2. The lowest BCUT2D eigenvalue weighted by Gasteiger charge is -2.11. The molecule has 186 valence electrons. The Labute approximate surface area is 214 Å². The largest absolute Gasteiger partial charge is 0.465 e. The van der Waals surface area contributed by atoms with Crippen LogP contribution >= 0.6 is 15.9 Å². The second-order valence-electron chi connectivity index (χ2n) is 9.22. The molecule has 2 saturated carbocycles. The molecule has 6 nitrogen and oxygen atoms in total. The van der Waals surface area contributed by atoms with Crippen molar-refractivity contribution in [2.75, 3.05) is 14.2 Å². The molecular weight excluding hydrogens is 512 g/mol. The number of benzene rings is 2. The summed E-state index contributed by atoms with van der Waals surface area (Å²) in [6.07, 6.45) is 5.10. The van der Waals surface area contributed by atoms with E-state index in [1.165, 1.54) is 14.2 Å². The number of aryl methyl sites for hydroxylation is 2. The van der Waals surface area contributed by atoms with E-state index < -0.39 is 11.9 Å². The first-order valence-electron chi connectivity index (χ1n) is 11.8. The van der Waals surface area contributed by atoms with Gasteiger partial charge in [-0.1, -0.05) is 28.1 Å². The van der Waals surface area contributed by atoms with Gasteiger partial charge in [0.1, 0.15) is 0 Å². The Hall–Kier alpha value is -2.80. The van der Waals surface area contributed by atoms with Crippen molar-refractivity contribution in [1.82, 2.24) is 0 Å². The lowest BCUT2D eigenvalue weighted by atomic mass is 9.98. The van der Waals surface area contributed by atoms with Gasteiger partial charge in [0.2, 0.25) is 0 Å². The number of hydrogen-bond acceptors (Lipinski definition) is 6. The van der Waals surface area contributed by atoms with E-state index in [-0.39, 0.29) is 16.4 Å². The van der Waals surface area contributed by atoms with Crippen molar-refractivity contribution in [2.45, 2.75) is 50.8 Å². The second kappa shape index (κ2) is 11.8. The van der Waals surface area contributed by atoms with Crippen LogP contribution in [0.5, 0.6) is 0 Å². The molecule has 0 heterocycles. The maximum Gasteiger partial charge on any atom is 0.337 e. The van der Waals surface area contributed by atoms with Crippen molar-refractivity contribution in [3.8, 4) is 0 Å². The SMILES string of the molecule is COC(=O)c1ccc(C)c(C(=O)C(Br)C2CC2)c1.COC(=O)c1ccc(C)c(C(=O)CC2CC2)c1. The monoisotopic (exact) mass is 542 g/mol. The predicted molar refractivity (Wildman–Crippen MR) is 136 cm³/mol. The van der Waals surface area contributed by atoms with Crippen LogP contribution < -0.4 is 0 Å². The van der Waals surface area contributed by atoms with Crippen molar-refractivity contribution in [3.05, 3.63) is 69.8 Å². The highest BCUT2D eigenvalue weighted by atomic mass is 79.9. The molecule has 4 rings (SSSR count). The van der Waals surface area contributed by atoms with Crippen LogP contribution in [-0.2, 0) is 9.47 Å². The molecule has 0 saturated heterocycles. The Morgan fingerprint density at radius 3 is 1.77 bits per heavy atom. The molecular formula is C28H31BrO6. The van der Waals surface area contributed by atoms with Gasteiger partial charge >= 0.3 is 11.9 Å². The molecule has 1 atom stereocenters. The summed E-state index contributed by atoms with van der Waals surface area (Å²) >= 11 is 3.45. The zero-order chi connectivity index (χ0) is 25.7. The highest BCUT2D eigenvalue weighted by Gasteiger charge is 2.35. The number of carbonyl (C=O) groups excluding carboxylic acids is 4. The van der Waals surface area contributed by atoms with Crippen molar-refractivity contribution in [3.63, 3.8) is 0 Å². The minimum absolute atomic E-state index is 0.0563. The Morgan fingerprint density at radius 1 is 0.829 bits per heavy atom. The number of carbonyl (C=O) groups is 4. The van der Waals surface area contributed by atoms with Gasteiger partial charge in [0.05, 0.1) is 30.2 Å². The third kappa shape index (κ3) is 7.10. The molecule has 0 bridgehead atoms. The average molecular weight is 543 g/mol. The summed E-state index contributed by atoms with van der Waals surface area (Å²) in [6.45, 7) is 3.77. The highest BCUT2D eigenvalue weighted by Crippen LogP contribution is 2.38. The zero-order valence-electron chi connectivity index (χ0n) is 20.6. The zero-order valence-corrected chi connectivity index (χ0v) is 22.1. The maximum absolute atomic E-state index is 12.3. The standard InChI is InChI=1S/C14H15BrO3.C14H16O3/c1-8-3-4-10(14(17)18-2)7-11(8)13(16)12(15)9-5-6-9;1-9-3-6-11(14(16)17-2)8-12(9)13(15)7-10-4-5-10/h3-4,7,9,12H,5-6H2,1-2H3;3,6,8,10H,4-5,7H2,1-2H3. The van der Waals surface area contributed by atoms with Gasteiger partial charge in [0, 0.05) is 17.5 Å². The molecule has 7 heteroatoms. The summed E-state index contributed by atoms with van der Waals surface area (Å²) in [5, 5.41) is 0. The van der Waals surface area contributed by atoms with Gasteiger partial charge in [-0.3, -0.25) is 9.59 Å². The van der Waals surface area contributed by atoms with Crippen LogP contribution in [0.2, 0.25) is 0 Å². The van der Waals surface area contributed by atoms with Crippen LogP contribution in [0.4, 0.5) is 0 Å². The molecule has 0 radical (unpaired) electrons. The van der Waals surface area contributed by atoms with Gasteiger partial charge in [-0.25, -0.2) is 9.59 Å². The summed E-state index contributed by atoms with van der Waals surface area (Å²) in [7, 11) is 2.68. The van der Waals surface area contributed by atoms with E-state index in [1.807, 2.05) is 13.8 Å². The van der Waals surface area contributed by atoms with Crippen molar-refractivity contribution in [2.24, 2.45) is 11.8 Å². The van der Waals surface area contributed by atoms with Crippen LogP contribution in [0.15, 0.2) is 36.4 Å². The van der Waals surface area contributed by atoms with Crippen LogP contribution in [0, 0.1) is 25.7 Å². The minimum Gasteiger partial charge on any atom is -0.465 e. The predicted octanol–water partition coefficient (Wildman–Crippen LogP) is 5.90. The molecule has 35 heavy (non-hydrogen) atoms. The fourth-order valence-electron chi connectivity index (χ4n) is 3.75. The van der Waals surface area contributed by atoms with Crippen LogP contribution in [-0.4, -0.2) is 42.6 Å². The molecule has 0 N–H and O–H groups in total.